The third-order valence-electron chi connectivity index (χ3n) is 3.36. The Morgan fingerprint density at radius 1 is 1.48 bits per heavy atom. The first-order valence-corrected chi connectivity index (χ1v) is 12.6. The van der Waals surface area contributed by atoms with Crippen LogP contribution in [0.5, 0.6) is 0 Å². The van der Waals surface area contributed by atoms with E-state index in [1.165, 1.54) is 6.04 Å². The molecule has 0 fully saturated rings. The smallest absolute Gasteiger partial charge is 0.129 e. The molecule has 0 radical (unpaired) electrons. The minimum absolute atomic E-state index is 0.252. The number of aromatic nitrogens is 2. The topological polar surface area (TPSA) is 30.3 Å². The fourth-order valence-electron chi connectivity index (χ4n) is 1.98. The second-order valence-corrected chi connectivity index (χ2v) is 13.8. The normalized spacial score (nSPS) is 13.9. The maximum atomic E-state index is 5.85. The summed E-state index contributed by atoms with van der Waals surface area (Å²) in [5.41, 5.74) is 0. The van der Waals surface area contributed by atoms with Crippen LogP contribution in [-0.2, 0) is 11.5 Å². The van der Waals surface area contributed by atoms with Crippen LogP contribution in [0.1, 0.15) is 32.1 Å². The highest BCUT2D eigenvalue weighted by Crippen LogP contribution is 2.25. The Kier molecular flexibility index (Phi) is 8.07. The van der Waals surface area contributed by atoms with E-state index in [1.807, 2.05) is 6.20 Å². The maximum absolute atomic E-state index is 5.85. The fourth-order valence-corrected chi connectivity index (χ4v) is 3.55. The Morgan fingerprint density at radius 3 is 2.71 bits per heavy atom. The first-order chi connectivity index (χ1) is 9.74. The van der Waals surface area contributed by atoms with E-state index < -0.39 is 8.07 Å². The number of nitrogens with zero attached hydrogens (tertiary/aromatic N) is 3. The Bertz CT molecular complexity index is 436. The second-order valence-electron chi connectivity index (χ2n) is 6.65. The van der Waals surface area contributed by atoms with E-state index >= 15 is 0 Å². The maximum Gasteiger partial charge on any atom is 0.129 e. The van der Waals surface area contributed by atoms with E-state index in [0.29, 0.717) is 6.73 Å². The number of ether oxygens (including phenoxy) is 1. The predicted molar refractivity (Wildman–Crippen MR) is 99.2 cm³/mol. The van der Waals surface area contributed by atoms with Crippen molar-refractivity contribution in [1.29, 1.82) is 0 Å². The number of hydrogen-bond acceptors (Lipinski definition) is 3. The lowest BCUT2D eigenvalue weighted by Gasteiger charge is -2.24. The van der Waals surface area contributed by atoms with Gasteiger partial charge in [-0.05, 0) is 35.3 Å². The third kappa shape index (κ3) is 6.91. The Morgan fingerprint density at radius 2 is 2.14 bits per heavy atom. The summed E-state index contributed by atoms with van der Waals surface area (Å²) < 4.78 is 11.1. The molecule has 4 nitrogen and oxygen atoms in total. The van der Waals surface area contributed by atoms with Crippen LogP contribution in [0.3, 0.4) is 0 Å². The van der Waals surface area contributed by atoms with Gasteiger partial charge in [0, 0.05) is 27.4 Å². The van der Waals surface area contributed by atoms with Crippen LogP contribution in [0, 0.1) is 0 Å². The monoisotopic (exact) mass is 393 g/mol. The fraction of sp³-hybridized carbons (Fsp3) is 0.786. The van der Waals surface area contributed by atoms with Crippen molar-refractivity contribution >= 4 is 33.4 Å². The largest absolute Gasteiger partial charge is 0.361 e. The molecule has 0 saturated carbocycles. The molecule has 0 spiro atoms. The van der Waals surface area contributed by atoms with Gasteiger partial charge in [0.2, 0.25) is 0 Å². The molecule has 0 aliphatic carbocycles. The average Bonchev–Trinajstić information content (AvgIpc) is 2.74. The predicted octanol–water partition coefficient (Wildman–Crippen LogP) is 4.52. The molecule has 1 rings (SSSR count). The van der Waals surface area contributed by atoms with Crippen molar-refractivity contribution in [2.45, 2.75) is 58.7 Å². The van der Waals surface area contributed by atoms with Crippen LogP contribution in [0.4, 0.5) is 0 Å². The Labute approximate surface area is 141 Å². The molecule has 0 amide bonds. The van der Waals surface area contributed by atoms with E-state index in [-0.39, 0.29) is 6.04 Å². The highest BCUT2D eigenvalue weighted by Gasteiger charge is 2.18. The average molecular weight is 394 g/mol. The van der Waals surface area contributed by atoms with Crippen LogP contribution in [0.15, 0.2) is 10.8 Å². The van der Waals surface area contributed by atoms with Crippen molar-refractivity contribution in [2.75, 3.05) is 13.2 Å². The van der Waals surface area contributed by atoms with Crippen molar-refractivity contribution in [2.24, 2.45) is 0 Å². The van der Waals surface area contributed by atoms with Gasteiger partial charge in [-0.3, -0.25) is 4.67 Å². The molecule has 0 aromatic carbocycles. The summed E-state index contributed by atoms with van der Waals surface area (Å²) in [5.74, 6) is 1.04. The molecule has 1 aromatic heterocycles. The van der Waals surface area contributed by atoms with Crippen LogP contribution < -0.4 is 0 Å². The molecule has 1 aromatic rings. The van der Waals surface area contributed by atoms with Gasteiger partial charge in [-0.1, -0.05) is 36.0 Å². The van der Waals surface area contributed by atoms with Crippen LogP contribution in [0.2, 0.25) is 25.7 Å². The first-order valence-electron chi connectivity index (χ1n) is 7.56. The van der Waals surface area contributed by atoms with E-state index in [4.69, 9.17) is 4.74 Å². The number of imidazole rings is 1. The molecule has 1 heterocycles. The third-order valence-corrected chi connectivity index (χ3v) is 6.15. The quantitative estimate of drug-likeness (QED) is 0.351. The van der Waals surface area contributed by atoms with Gasteiger partial charge in [0.25, 0.3) is 0 Å². The number of hydrogen-bond donors (Lipinski definition) is 0. The molecule has 122 valence electrons. The lowest BCUT2D eigenvalue weighted by atomic mass is 10.3. The van der Waals surface area contributed by atoms with Gasteiger partial charge in [0.15, 0.2) is 0 Å². The first kappa shape index (κ1) is 19.3. The van der Waals surface area contributed by atoms with Gasteiger partial charge in [-0.25, -0.2) is 4.98 Å². The zero-order valence-electron chi connectivity index (χ0n) is 13.9. The molecule has 0 aliphatic heterocycles. The van der Waals surface area contributed by atoms with Crippen LogP contribution in [0.25, 0.3) is 0 Å². The SMILES string of the molecule is CCCN(P)[C@@H](C)c1nc(Br)cn1COCC[Si](C)(C)C. The van der Waals surface area contributed by atoms with Gasteiger partial charge in [0.05, 0.1) is 6.04 Å². The molecule has 0 N–H and O–H groups in total. The van der Waals surface area contributed by atoms with Crippen LogP contribution in [-0.4, -0.2) is 35.4 Å². The van der Waals surface area contributed by atoms with Gasteiger partial charge in [-0.15, -0.1) is 0 Å². The molecule has 2 atom stereocenters. The lowest BCUT2D eigenvalue weighted by molar-refractivity contribution is 0.0828. The van der Waals surface area contributed by atoms with E-state index in [1.54, 1.807) is 0 Å². The molecule has 0 aliphatic rings. The summed E-state index contributed by atoms with van der Waals surface area (Å²) >= 11 is 3.47. The lowest BCUT2D eigenvalue weighted by Crippen LogP contribution is -2.23. The van der Waals surface area contributed by atoms with Gasteiger partial charge in [0.1, 0.15) is 17.2 Å². The van der Waals surface area contributed by atoms with Crippen LogP contribution >= 0.6 is 25.3 Å². The zero-order valence-corrected chi connectivity index (χ0v) is 17.6. The summed E-state index contributed by atoms with van der Waals surface area (Å²) in [7, 11) is 1.78. The minimum atomic E-state index is -1.02. The summed E-state index contributed by atoms with van der Waals surface area (Å²) in [6.07, 6.45) is 3.13. The standard InChI is InChI=1S/C14H29BrN3OPSi/c1-6-7-18(20)12(2)14-16-13(15)10-17(14)11-19-8-9-21(3,4)5/h10,12H,6-9,11,20H2,1-5H3/t12-/m0/s1. The number of rotatable bonds is 9. The van der Waals surface area contributed by atoms with Crippen molar-refractivity contribution < 1.29 is 4.74 Å². The Hall–Kier alpha value is 0.257. The Balaban J connectivity index is 2.62. The molecular formula is C14H29BrN3OPSi. The van der Waals surface area contributed by atoms with Crippen molar-refractivity contribution in [1.82, 2.24) is 14.2 Å². The molecule has 0 bridgehead atoms. The highest BCUT2D eigenvalue weighted by molar-refractivity contribution is 9.10. The molecule has 7 heteroatoms. The molecule has 0 saturated heterocycles. The molecule has 1 unspecified atom stereocenters. The van der Waals surface area contributed by atoms with Crippen molar-refractivity contribution in [3.05, 3.63) is 16.6 Å². The second kappa shape index (κ2) is 8.78. The van der Waals surface area contributed by atoms with Crippen molar-refractivity contribution in [3.63, 3.8) is 0 Å². The summed E-state index contributed by atoms with van der Waals surface area (Å²) in [4.78, 5) is 4.59. The van der Waals surface area contributed by atoms with E-state index in [0.717, 1.165) is 30.0 Å². The van der Waals surface area contributed by atoms with E-state index in [9.17, 15) is 0 Å². The molecule has 21 heavy (non-hydrogen) atoms. The van der Waals surface area contributed by atoms with Crippen molar-refractivity contribution in [3.8, 4) is 0 Å². The van der Waals surface area contributed by atoms with Gasteiger partial charge < -0.3 is 9.30 Å². The summed E-state index contributed by atoms with van der Waals surface area (Å²) in [6.45, 7) is 13.9. The zero-order chi connectivity index (χ0) is 16.0. The number of halogens is 1. The van der Waals surface area contributed by atoms with E-state index in [2.05, 4.69) is 73.0 Å². The highest BCUT2D eigenvalue weighted by atomic mass is 79.9. The van der Waals surface area contributed by atoms with Gasteiger partial charge >= 0.3 is 0 Å². The minimum Gasteiger partial charge on any atom is -0.361 e. The summed E-state index contributed by atoms with van der Waals surface area (Å²) in [5, 5.41) is 0. The summed E-state index contributed by atoms with van der Waals surface area (Å²) in [6, 6.07) is 1.45. The molecular weight excluding hydrogens is 365 g/mol. The van der Waals surface area contributed by atoms with Gasteiger partial charge in [-0.2, -0.15) is 0 Å².